The summed E-state index contributed by atoms with van der Waals surface area (Å²) in [5, 5.41) is 31.5. The van der Waals surface area contributed by atoms with E-state index in [9.17, 15) is 34.5 Å². The normalized spacial score (nSPS) is 18.7. The Labute approximate surface area is 455 Å². The summed E-state index contributed by atoms with van der Waals surface area (Å²) in [6, 6.07) is 0. The van der Waals surface area contributed by atoms with Crippen molar-refractivity contribution in [1.82, 2.24) is 0 Å². The van der Waals surface area contributed by atoms with Gasteiger partial charge in [0, 0.05) is 19.3 Å². The van der Waals surface area contributed by atoms with E-state index in [2.05, 4.69) is 93.7 Å². The first-order valence-electron chi connectivity index (χ1n) is 29.9. The third kappa shape index (κ3) is 41.0. The Morgan fingerprint density at radius 1 is 0.453 bits per heavy atom. The van der Waals surface area contributed by atoms with Crippen molar-refractivity contribution in [2.24, 2.45) is 0 Å². The highest BCUT2D eigenvalue weighted by Gasteiger charge is 2.50. The Morgan fingerprint density at radius 2 is 0.840 bits per heavy atom. The number of rotatable bonds is 50. The first kappa shape index (κ1) is 69.2. The minimum Gasteiger partial charge on any atom is -0.479 e. The lowest BCUT2D eigenvalue weighted by molar-refractivity contribution is -0.301. The lowest BCUT2D eigenvalue weighted by atomic mass is 9.98. The van der Waals surface area contributed by atoms with E-state index in [-0.39, 0.29) is 25.9 Å². The topological polar surface area (TPSA) is 175 Å². The van der Waals surface area contributed by atoms with Crippen LogP contribution in [0.5, 0.6) is 0 Å². The summed E-state index contributed by atoms with van der Waals surface area (Å²) < 4.78 is 28.4. The highest BCUT2D eigenvalue weighted by Crippen LogP contribution is 2.26. The number of aliphatic carboxylic acids is 1. The quantitative estimate of drug-likeness (QED) is 0.0228. The Bertz CT molecular complexity index is 1580. The second-order valence-electron chi connectivity index (χ2n) is 20.2. The number of allylic oxidation sites excluding steroid dienone is 12. The summed E-state index contributed by atoms with van der Waals surface area (Å²) in [6.45, 7) is 5.83. The molecule has 1 saturated heterocycles. The summed E-state index contributed by atoms with van der Waals surface area (Å²) in [7, 11) is 0. The molecule has 3 N–H and O–H groups in total. The van der Waals surface area contributed by atoms with Gasteiger partial charge in [0.2, 0.25) is 0 Å². The zero-order chi connectivity index (χ0) is 54.7. The van der Waals surface area contributed by atoms with Crippen molar-refractivity contribution in [3.8, 4) is 0 Å². The molecular formula is C63H106O12. The molecule has 0 radical (unpaired) electrons. The van der Waals surface area contributed by atoms with Crippen molar-refractivity contribution in [1.29, 1.82) is 0 Å². The molecule has 1 heterocycles. The fourth-order valence-electron chi connectivity index (χ4n) is 8.64. The van der Waals surface area contributed by atoms with E-state index in [1.54, 1.807) is 0 Å². The van der Waals surface area contributed by atoms with Crippen molar-refractivity contribution in [3.63, 3.8) is 0 Å². The molecule has 0 saturated carbocycles. The van der Waals surface area contributed by atoms with E-state index in [1.165, 1.54) is 64.2 Å². The van der Waals surface area contributed by atoms with Gasteiger partial charge in [-0.3, -0.25) is 14.4 Å². The van der Waals surface area contributed by atoms with Crippen molar-refractivity contribution in [2.75, 3.05) is 13.2 Å². The second kappa shape index (κ2) is 50.9. The van der Waals surface area contributed by atoms with Crippen LogP contribution in [0.3, 0.4) is 0 Å². The lowest BCUT2D eigenvalue weighted by Crippen LogP contribution is -2.61. The number of esters is 3. The number of carbonyl (C=O) groups is 4. The molecule has 75 heavy (non-hydrogen) atoms. The van der Waals surface area contributed by atoms with Gasteiger partial charge in [0.25, 0.3) is 0 Å². The van der Waals surface area contributed by atoms with E-state index in [4.69, 9.17) is 23.7 Å². The minimum absolute atomic E-state index is 0.0455. The molecule has 0 bridgehead atoms. The maximum absolute atomic E-state index is 13.1. The van der Waals surface area contributed by atoms with Gasteiger partial charge in [-0.15, -0.1) is 0 Å². The number of aliphatic hydroxyl groups excluding tert-OH is 2. The molecule has 0 amide bonds. The summed E-state index contributed by atoms with van der Waals surface area (Å²) in [5.74, 6) is -3.17. The number of ether oxygens (including phenoxy) is 5. The first-order chi connectivity index (χ1) is 36.6. The van der Waals surface area contributed by atoms with Crippen LogP contribution in [0.15, 0.2) is 72.9 Å². The van der Waals surface area contributed by atoms with E-state index >= 15 is 0 Å². The molecular weight excluding hydrogens is 949 g/mol. The molecule has 0 aromatic carbocycles. The number of hydrogen-bond donors (Lipinski definition) is 3. The van der Waals surface area contributed by atoms with Crippen LogP contribution < -0.4 is 0 Å². The van der Waals surface area contributed by atoms with Crippen LogP contribution in [0, 0.1) is 0 Å². The number of carbonyl (C=O) groups excluding carboxylic acids is 3. The predicted octanol–water partition coefficient (Wildman–Crippen LogP) is 15.3. The van der Waals surface area contributed by atoms with Crippen molar-refractivity contribution in [2.45, 2.75) is 289 Å². The molecule has 0 aromatic rings. The van der Waals surface area contributed by atoms with E-state index < -0.39 is 67.3 Å². The standard InChI is InChI=1S/C63H106O12/c1-4-7-10-13-16-19-22-25-27-28-30-32-34-37-40-43-46-49-55(64)71-52-54(73-56(65)50-47-44-41-38-36-33-29-26-23-20-17-14-11-8-5-2)53-72-63-61(59(68)58(67)60(75-63)62(69)70)74-57(66)51-48-45-42-39-35-31-24-21-18-15-12-9-6-3/h7,10,16,19,21,24-27,29-30,32,54,58-61,63,67-68H,4-6,8-9,11-15,17-18,20,22-23,28,31,33-53H2,1-3H3,(H,69,70)/b10-7-,19-16-,24-21-,27-25-,29-26-,32-30-. The molecule has 1 fully saturated rings. The number of unbranched alkanes of at least 4 members (excludes halogenated alkanes) is 24. The Morgan fingerprint density at radius 3 is 1.31 bits per heavy atom. The molecule has 0 aromatic heterocycles. The average molecular weight is 1060 g/mol. The van der Waals surface area contributed by atoms with Gasteiger partial charge in [-0.2, -0.15) is 0 Å². The van der Waals surface area contributed by atoms with Crippen LogP contribution in [0.25, 0.3) is 0 Å². The average Bonchev–Trinajstić information content (AvgIpc) is 3.39. The minimum atomic E-state index is -1.91. The molecule has 1 aliphatic rings. The van der Waals surface area contributed by atoms with Gasteiger partial charge < -0.3 is 39.0 Å². The van der Waals surface area contributed by atoms with E-state index in [0.29, 0.717) is 19.3 Å². The van der Waals surface area contributed by atoms with Crippen LogP contribution in [0.2, 0.25) is 0 Å². The fourth-order valence-corrected chi connectivity index (χ4v) is 8.64. The largest absolute Gasteiger partial charge is 0.479 e. The summed E-state index contributed by atoms with van der Waals surface area (Å²) >= 11 is 0. The lowest BCUT2D eigenvalue weighted by Gasteiger charge is -2.40. The van der Waals surface area contributed by atoms with Gasteiger partial charge in [0.1, 0.15) is 18.8 Å². The Kier molecular flexibility index (Phi) is 47.0. The zero-order valence-corrected chi connectivity index (χ0v) is 47.3. The van der Waals surface area contributed by atoms with E-state index in [1.807, 2.05) is 0 Å². The van der Waals surface area contributed by atoms with Crippen LogP contribution >= 0.6 is 0 Å². The monoisotopic (exact) mass is 1050 g/mol. The molecule has 12 nitrogen and oxygen atoms in total. The number of aliphatic hydroxyl groups is 2. The van der Waals surface area contributed by atoms with E-state index in [0.717, 1.165) is 128 Å². The SMILES string of the molecule is CC/C=C\C/C=C\C/C=C\C/C=C\CCCCCCC(=O)OCC(COC1OC(C(=O)O)C(O)C(O)C1OC(=O)CCCCCCC/C=C\CCCCCC)OC(=O)CCCCCCC/C=C\CCCCCCCC. The fraction of sp³-hybridized carbons (Fsp3) is 0.746. The molecule has 12 heteroatoms. The van der Waals surface area contributed by atoms with Crippen molar-refractivity contribution in [3.05, 3.63) is 72.9 Å². The highest BCUT2D eigenvalue weighted by atomic mass is 16.7. The summed E-state index contributed by atoms with van der Waals surface area (Å²) in [5.41, 5.74) is 0. The number of carboxylic acid groups (broad SMARTS) is 1. The Balaban J connectivity index is 2.72. The van der Waals surface area contributed by atoms with Crippen LogP contribution in [0.1, 0.15) is 252 Å². The molecule has 6 unspecified atom stereocenters. The zero-order valence-electron chi connectivity index (χ0n) is 47.3. The third-order valence-electron chi connectivity index (χ3n) is 13.2. The third-order valence-corrected chi connectivity index (χ3v) is 13.2. The van der Waals surface area contributed by atoms with Gasteiger partial charge in [-0.25, -0.2) is 4.79 Å². The van der Waals surface area contributed by atoms with Gasteiger partial charge >= 0.3 is 23.9 Å². The molecule has 0 spiro atoms. The molecule has 0 aliphatic carbocycles. The van der Waals surface area contributed by atoms with Crippen molar-refractivity contribution >= 4 is 23.9 Å². The smallest absolute Gasteiger partial charge is 0.335 e. The molecule has 430 valence electrons. The van der Waals surface area contributed by atoms with Crippen LogP contribution in [-0.2, 0) is 42.9 Å². The molecule has 1 rings (SSSR count). The van der Waals surface area contributed by atoms with Gasteiger partial charge in [0.15, 0.2) is 24.6 Å². The number of hydrogen-bond acceptors (Lipinski definition) is 11. The van der Waals surface area contributed by atoms with Gasteiger partial charge in [-0.1, -0.05) is 196 Å². The molecule has 1 aliphatic heterocycles. The van der Waals surface area contributed by atoms with Gasteiger partial charge in [0.05, 0.1) is 6.61 Å². The molecule has 6 atom stereocenters. The van der Waals surface area contributed by atoms with Crippen molar-refractivity contribution < 1.29 is 58.2 Å². The van der Waals surface area contributed by atoms with Crippen LogP contribution in [0.4, 0.5) is 0 Å². The summed E-state index contributed by atoms with van der Waals surface area (Å²) in [6.07, 6.45) is 51.5. The summed E-state index contributed by atoms with van der Waals surface area (Å²) in [4.78, 5) is 51.1. The second-order valence-corrected chi connectivity index (χ2v) is 20.2. The van der Waals surface area contributed by atoms with Gasteiger partial charge in [-0.05, 0) is 109 Å². The highest BCUT2D eigenvalue weighted by molar-refractivity contribution is 5.74. The first-order valence-corrected chi connectivity index (χ1v) is 29.9. The number of carboxylic acids is 1. The predicted molar refractivity (Wildman–Crippen MR) is 303 cm³/mol. The maximum atomic E-state index is 13.1. The van der Waals surface area contributed by atoms with Crippen LogP contribution in [-0.4, -0.2) is 89.2 Å². The maximum Gasteiger partial charge on any atom is 0.335 e. The Hall–Kier alpha value is -3.84.